The second-order valence-electron chi connectivity index (χ2n) is 21.2. The van der Waals surface area contributed by atoms with Gasteiger partial charge in [0.15, 0.2) is 0 Å². The van der Waals surface area contributed by atoms with Crippen LogP contribution < -0.4 is 5.32 Å². The Morgan fingerprint density at radius 2 is 1.64 bits per heavy atom. The molecular weight excluding hydrogens is 757 g/mol. The topological polar surface area (TPSA) is 24.4 Å². The Morgan fingerprint density at radius 1 is 0.787 bits per heavy atom. The summed E-state index contributed by atoms with van der Waals surface area (Å²) in [6, 6.07) is 8.41. The molecule has 2 heterocycles. The van der Waals surface area contributed by atoms with Gasteiger partial charge in [0, 0.05) is 33.5 Å². The van der Waals surface area contributed by atoms with Crippen molar-refractivity contribution in [3.63, 3.8) is 0 Å². The van der Waals surface area contributed by atoms with Crippen molar-refractivity contribution in [2.45, 2.75) is 182 Å². The largest absolute Gasteiger partial charge is 0.363 e. The molecule has 12 aliphatic rings. The molecule has 6 atom stereocenters. The summed E-state index contributed by atoms with van der Waals surface area (Å²) in [6.45, 7) is 0. The fourth-order valence-corrected chi connectivity index (χ4v) is 17.3. The lowest BCUT2D eigenvalue weighted by atomic mass is 9.62. The van der Waals surface area contributed by atoms with Crippen molar-refractivity contribution < 1.29 is 0 Å². The number of hydrogen-bond donors (Lipinski definition) is 1. The molecule has 3 heteroatoms. The molecule has 2 spiro atoms. The van der Waals surface area contributed by atoms with E-state index in [4.69, 9.17) is 4.99 Å². The van der Waals surface area contributed by atoms with Crippen LogP contribution in [0.1, 0.15) is 176 Å². The molecule has 0 aromatic heterocycles. The molecule has 2 saturated carbocycles. The predicted molar refractivity (Wildman–Crippen MR) is 256 cm³/mol. The van der Waals surface area contributed by atoms with E-state index >= 15 is 0 Å². The Hall–Kier alpha value is -3.56. The molecule has 6 unspecified atom stereocenters. The Balaban J connectivity index is 0.828. The molecule has 1 aromatic rings. The first-order valence-electron chi connectivity index (χ1n) is 25.4. The molecule has 1 N–H and O–H groups in total. The van der Waals surface area contributed by atoms with E-state index < -0.39 is 0 Å². The third-order valence-electron chi connectivity index (χ3n) is 18.3. The fourth-order valence-electron chi connectivity index (χ4n) is 15.6. The van der Waals surface area contributed by atoms with Gasteiger partial charge in [-0.05, 0) is 159 Å². The van der Waals surface area contributed by atoms with E-state index in [0.29, 0.717) is 34.5 Å². The zero-order valence-electron chi connectivity index (χ0n) is 36.6. The van der Waals surface area contributed by atoms with Crippen LogP contribution in [0, 0.1) is 11.3 Å². The van der Waals surface area contributed by atoms with E-state index in [1.165, 1.54) is 134 Å². The molecule has 2 nitrogen and oxygen atoms in total. The summed E-state index contributed by atoms with van der Waals surface area (Å²) in [4.78, 5) is 7.35. The Labute approximate surface area is 370 Å². The molecule has 2 fully saturated rings. The Morgan fingerprint density at radius 3 is 2.48 bits per heavy atom. The summed E-state index contributed by atoms with van der Waals surface area (Å²) in [7, 11) is 0. The lowest BCUT2D eigenvalue weighted by molar-refractivity contribution is 0.287. The highest BCUT2D eigenvalue weighted by molar-refractivity contribution is 8.04. The number of nitrogens with zero attached hydrogens (tertiary/aromatic N) is 1. The third kappa shape index (κ3) is 5.90. The SMILES string of the molecule is C1=CC2C3=C(CCC(c4cccc5c4C4CC6=C(C=C4C54CCCCC4)C4=CCCC=C4C64CCCCC4)C3)SC2C(C2CC(C3=CCCCC3)NC(C3=CCCC=C3)=N2)=C1. The first-order chi connectivity index (χ1) is 30.2. The quantitative estimate of drug-likeness (QED) is 0.306. The van der Waals surface area contributed by atoms with Crippen molar-refractivity contribution in [3.8, 4) is 0 Å². The van der Waals surface area contributed by atoms with Crippen LogP contribution in [0.2, 0.25) is 0 Å². The van der Waals surface area contributed by atoms with Gasteiger partial charge in [-0.2, -0.15) is 0 Å². The van der Waals surface area contributed by atoms with Crippen LogP contribution in [0.3, 0.4) is 0 Å². The lowest BCUT2D eigenvalue weighted by Gasteiger charge is -2.42. The van der Waals surface area contributed by atoms with Gasteiger partial charge in [0.05, 0.1) is 12.1 Å². The Kier molecular flexibility index (Phi) is 9.35. The van der Waals surface area contributed by atoms with Gasteiger partial charge in [0.25, 0.3) is 0 Å². The number of fused-ring (bicyclic) bond motifs is 11. The van der Waals surface area contributed by atoms with E-state index in [0.717, 1.165) is 25.1 Å². The molecule has 0 amide bonds. The summed E-state index contributed by atoms with van der Waals surface area (Å²) < 4.78 is 0. The predicted octanol–water partition coefficient (Wildman–Crippen LogP) is 14.9. The van der Waals surface area contributed by atoms with Crippen LogP contribution in [-0.2, 0) is 5.41 Å². The van der Waals surface area contributed by atoms with Crippen LogP contribution >= 0.6 is 11.8 Å². The average Bonchev–Trinajstić information content (AvgIpc) is 3.93. The minimum absolute atomic E-state index is 0.237. The highest BCUT2D eigenvalue weighted by Crippen LogP contribution is 2.69. The van der Waals surface area contributed by atoms with Crippen molar-refractivity contribution >= 4 is 17.6 Å². The third-order valence-corrected chi connectivity index (χ3v) is 19.9. The van der Waals surface area contributed by atoms with E-state index in [-0.39, 0.29) is 11.5 Å². The van der Waals surface area contributed by atoms with E-state index in [2.05, 4.69) is 96.0 Å². The normalized spacial score (nSPS) is 34.1. The number of rotatable bonds is 4. The molecule has 0 bridgehead atoms. The van der Waals surface area contributed by atoms with Crippen molar-refractivity contribution in [2.24, 2.45) is 16.3 Å². The summed E-state index contributed by atoms with van der Waals surface area (Å²) in [6.07, 6.45) is 55.3. The van der Waals surface area contributed by atoms with E-state index in [1.54, 1.807) is 49.5 Å². The molecule has 2 aliphatic heterocycles. The molecule has 1 aromatic carbocycles. The summed E-state index contributed by atoms with van der Waals surface area (Å²) in [5, 5.41) is 4.48. The molecule has 10 aliphatic carbocycles. The molecule has 314 valence electrons. The standard InChI is InChI=1S/C58H66N2S/c1-5-17-37(18-6-1)51-36-52(60-56(59-51)38-19-7-2-8-20-38)43-24-15-23-42-45-33-39(27-28-53(45)61-55(42)43)40-22-16-26-48-54(40)46-35-49-44(34-50(46)58(48)31-13-4-14-32-58)41-21-9-10-25-47(41)57(49)29-11-3-12-30-57/h7,15-17,19-26,34,39,42,46,51-52,55H,1-6,8-14,18,27-33,35-36H2,(H,59,60). The monoisotopic (exact) mass is 822 g/mol. The number of benzene rings is 1. The number of hydrogen-bond acceptors (Lipinski definition) is 3. The van der Waals surface area contributed by atoms with Crippen molar-refractivity contribution in [3.05, 3.63) is 151 Å². The van der Waals surface area contributed by atoms with Crippen molar-refractivity contribution in [1.82, 2.24) is 5.32 Å². The van der Waals surface area contributed by atoms with Crippen LogP contribution in [0.4, 0.5) is 0 Å². The minimum atomic E-state index is 0.237. The van der Waals surface area contributed by atoms with Crippen molar-refractivity contribution in [2.75, 3.05) is 0 Å². The fraction of sp³-hybridized carbons (Fsp3) is 0.534. The molecule has 13 rings (SSSR count). The second kappa shape index (κ2) is 15.0. The van der Waals surface area contributed by atoms with Gasteiger partial charge in [0.2, 0.25) is 0 Å². The number of aliphatic imine (C=N–C) groups is 1. The first-order valence-corrected chi connectivity index (χ1v) is 26.2. The van der Waals surface area contributed by atoms with Gasteiger partial charge < -0.3 is 5.32 Å². The maximum Gasteiger partial charge on any atom is 0.129 e. The Bertz CT molecular complexity index is 2400. The number of amidine groups is 1. The summed E-state index contributed by atoms with van der Waals surface area (Å²) in [5.74, 6) is 2.83. The summed E-state index contributed by atoms with van der Waals surface area (Å²) in [5.41, 5.74) is 21.0. The van der Waals surface area contributed by atoms with Gasteiger partial charge in [-0.1, -0.05) is 140 Å². The highest BCUT2D eigenvalue weighted by atomic mass is 32.2. The molecule has 61 heavy (non-hydrogen) atoms. The summed E-state index contributed by atoms with van der Waals surface area (Å²) >= 11 is 2.25. The van der Waals surface area contributed by atoms with E-state index in [9.17, 15) is 0 Å². The maximum absolute atomic E-state index is 5.62. The van der Waals surface area contributed by atoms with E-state index in [1.807, 2.05) is 16.7 Å². The van der Waals surface area contributed by atoms with Gasteiger partial charge in [-0.15, -0.1) is 11.8 Å². The van der Waals surface area contributed by atoms with Gasteiger partial charge in [-0.25, -0.2) is 0 Å². The highest BCUT2D eigenvalue weighted by Gasteiger charge is 2.56. The second-order valence-corrected chi connectivity index (χ2v) is 22.5. The minimum Gasteiger partial charge on any atom is -0.363 e. The number of thioether (sulfide) groups is 1. The molecular formula is C58H66N2S. The van der Waals surface area contributed by atoms with Crippen molar-refractivity contribution in [1.29, 1.82) is 0 Å². The van der Waals surface area contributed by atoms with Gasteiger partial charge in [-0.3, -0.25) is 4.99 Å². The van der Waals surface area contributed by atoms with Crippen LogP contribution in [0.25, 0.3) is 0 Å². The average molecular weight is 823 g/mol. The van der Waals surface area contributed by atoms with Gasteiger partial charge >= 0.3 is 0 Å². The molecule has 0 radical (unpaired) electrons. The smallest absolute Gasteiger partial charge is 0.129 e. The zero-order chi connectivity index (χ0) is 40.1. The van der Waals surface area contributed by atoms with Crippen LogP contribution in [0.5, 0.6) is 0 Å². The first kappa shape index (κ1) is 37.9. The van der Waals surface area contributed by atoms with Crippen LogP contribution in [0.15, 0.2) is 139 Å². The number of nitrogens with one attached hydrogen (secondary N) is 1. The number of allylic oxidation sites excluding steroid dienone is 16. The maximum atomic E-state index is 5.62. The zero-order valence-corrected chi connectivity index (χ0v) is 37.4. The van der Waals surface area contributed by atoms with Crippen LogP contribution in [-0.4, -0.2) is 23.2 Å². The van der Waals surface area contributed by atoms with Gasteiger partial charge in [0.1, 0.15) is 5.84 Å². The molecule has 0 saturated heterocycles. The lowest BCUT2D eigenvalue weighted by Crippen LogP contribution is -2.45.